The van der Waals surface area contributed by atoms with Crippen molar-refractivity contribution < 1.29 is 0 Å². The number of aromatic amines is 1. The average molecular weight is 272 g/mol. The minimum atomic E-state index is 0.708. The number of benzene rings is 1. The van der Waals surface area contributed by atoms with Gasteiger partial charge in [-0.15, -0.1) is 0 Å². The van der Waals surface area contributed by atoms with Gasteiger partial charge < -0.3 is 4.98 Å². The summed E-state index contributed by atoms with van der Waals surface area (Å²) in [5.74, 6) is 0.867. The van der Waals surface area contributed by atoms with E-state index in [1.165, 1.54) is 0 Å². The molecule has 0 aliphatic rings. The Kier molecular flexibility index (Phi) is 2.61. The number of halogens is 2. The number of imidazole rings is 1. The van der Waals surface area contributed by atoms with Crippen molar-refractivity contribution in [3.63, 3.8) is 0 Å². The summed E-state index contributed by atoms with van der Waals surface area (Å²) in [5, 5.41) is 0.708. The Morgan fingerprint density at radius 1 is 1.36 bits per heavy atom. The van der Waals surface area contributed by atoms with Gasteiger partial charge >= 0.3 is 0 Å². The number of H-pyrrole nitrogens is 1. The molecule has 0 aliphatic carbocycles. The SMILES string of the molecule is Cc1nc(-c2ccccc2Cl)c(Br)[nH]1. The van der Waals surface area contributed by atoms with Crippen LogP contribution >= 0.6 is 27.5 Å². The van der Waals surface area contributed by atoms with Crippen molar-refractivity contribution in [2.45, 2.75) is 6.92 Å². The largest absolute Gasteiger partial charge is 0.336 e. The molecule has 72 valence electrons. The number of hydrogen-bond donors (Lipinski definition) is 1. The molecule has 0 unspecified atom stereocenters. The van der Waals surface area contributed by atoms with E-state index in [4.69, 9.17) is 11.6 Å². The lowest BCUT2D eigenvalue weighted by Gasteiger charge is -1.99. The standard InChI is InChI=1S/C10H8BrClN2/c1-6-13-9(10(11)14-6)7-4-2-3-5-8(7)12/h2-5H,1H3,(H,13,14). The molecule has 0 spiro atoms. The first kappa shape index (κ1) is 9.74. The van der Waals surface area contributed by atoms with Gasteiger partial charge in [0, 0.05) is 5.56 Å². The molecule has 0 amide bonds. The lowest BCUT2D eigenvalue weighted by molar-refractivity contribution is 1.14. The molecule has 0 radical (unpaired) electrons. The third-order valence-electron chi connectivity index (χ3n) is 1.91. The molecular weight excluding hydrogens is 263 g/mol. The molecule has 1 N–H and O–H groups in total. The summed E-state index contributed by atoms with van der Waals surface area (Å²) in [6, 6.07) is 7.65. The van der Waals surface area contributed by atoms with E-state index in [0.29, 0.717) is 5.02 Å². The second-order valence-corrected chi connectivity index (χ2v) is 4.16. The maximum atomic E-state index is 6.07. The molecule has 2 nitrogen and oxygen atoms in total. The Bertz CT molecular complexity index is 465. The van der Waals surface area contributed by atoms with Gasteiger partial charge in [-0.3, -0.25) is 0 Å². The van der Waals surface area contributed by atoms with Crippen molar-refractivity contribution in [3.05, 3.63) is 39.7 Å². The van der Waals surface area contributed by atoms with Gasteiger partial charge in [-0.1, -0.05) is 29.8 Å². The highest BCUT2D eigenvalue weighted by Gasteiger charge is 2.10. The van der Waals surface area contributed by atoms with Crippen LogP contribution in [0.1, 0.15) is 5.82 Å². The van der Waals surface area contributed by atoms with E-state index in [2.05, 4.69) is 25.9 Å². The summed E-state index contributed by atoms with van der Waals surface area (Å²) in [6.07, 6.45) is 0. The maximum absolute atomic E-state index is 6.07. The van der Waals surface area contributed by atoms with Crippen LogP contribution in [-0.4, -0.2) is 9.97 Å². The fourth-order valence-corrected chi connectivity index (χ4v) is 2.11. The Morgan fingerprint density at radius 2 is 2.07 bits per heavy atom. The van der Waals surface area contributed by atoms with Gasteiger partial charge in [-0.2, -0.15) is 0 Å². The molecule has 2 aromatic rings. The van der Waals surface area contributed by atoms with E-state index < -0.39 is 0 Å². The maximum Gasteiger partial charge on any atom is 0.110 e. The molecule has 4 heteroatoms. The normalized spacial score (nSPS) is 10.5. The van der Waals surface area contributed by atoms with E-state index in [0.717, 1.165) is 21.7 Å². The van der Waals surface area contributed by atoms with Crippen LogP contribution in [0.2, 0.25) is 5.02 Å². The molecule has 1 heterocycles. The highest BCUT2D eigenvalue weighted by Crippen LogP contribution is 2.31. The van der Waals surface area contributed by atoms with E-state index in [1.54, 1.807) is 0 Å². The van der Waals surface area contributed by atoms with Gasteiger partial charge in [-0.05, 0) is 28.9 Å². The van der Waals surface area contributed by atoms with Crippen molar-refractivity contribution in [3.8, 4) is 11.3 Å². The molecule has 14 heavy (non-hydrogen) atoms. The minimum Gasteiger partial charge on any atom is -0.336 e. The van der Waals surface area contributed by atoms with Crippen LogP contribution in [0.4, 0.5) is 0 Å². The van der Waals surface area contributed by atoms with Gasteiger partial charge in [0.25, 0.3) is 0 Å². The molecule has 0 saturated heterocycles. The van der Waals surface area contributed by atoms with Gasteiger partial charge in [0.05, 0.1) is 5.02 Å². The summed E-state index contributed by atoms with van der Waals surface area (Å²) in [5.41, 5.74) is 1.79. The smallest absolute Gasteiger partial charge is 0.110 e. The summed E-state index contributed by atoms with van der Waals surface area (Å²) in [6.45, 7) is 1.91. The first-order valence-corrected chi connectivity index (χ1v) is 5.32. The molecule has 1 aromatic carbocycles. The van der Waals surface area contributed by atoms with Crippen LogP contribution in [-0.2, 0) is 0 Å². The van der Waals surface area contributed by atoms with Crippen LogP contribution < -0.4 is 0 Å². The van der Waals surface area contributed by atoms with Gasteiger partial charge in [0.1, 0.15) is 16.1 Å². The summed E-state index contributed by atoms with van der Waals surface area (Å²) in [4.78, 5) is 7.43. The highest BCUT2D eigenvalue weighted by atomic mass is 79.9. The number of aromatic nitrogens is 2. The first-order valence-electron chi connectivity index (χ1n) is 4.15. The summed E-state index contributed by atoms with van der Waals surface area (Å²) < 4.78 is 0.864. The Hall–Kier alpha value is -0.800. The quantitative estimate of drug-likeness (QED) is 0.839. The molecule has 1 aromatic heterocycles. The zero-order valence-corrected chi connectivity index (χ0v) is 9.85. The van der Waals surface area contributed by atoms with Crippen molar-refractivity contribution >= 4 is 27.5 Å². The van der Waals surface area contributed by atoms with E-state index >= 15 is 0 Å². The van der Waals surface area contributed by atoms with Gasteiger partial charge in [0.2, 0.25) is 0 Å². The lowest BCUT2D eigenvalue weighted by Crippen LogP contribution is -1.80. The predicted molar refractivity (Wildman–Crippen MR) is 61.5 cm³/mol. The lowest BCUT2D eigenvalue weighted by atomic mass is 10.2. The van der Waals surface area contributed by atoms with E-state index in [9.17, 15) is 0 Å². The van der Waals surface area contributed by atoms with Crippen molar-refractivity contribution in [2.24, 2.45) is 0 Å². The van der Waals surface area contributed by atoms with Gasteiger partial charge in [-0.25, -0.2) is 4.98 Å². The van der Waals surface area contributed by atoms with Crippen LogP contribution in [0.25, 0.3) is 11.3 Å². The fraction of sp³-hybridized carbons (Fsp3) is 0.100. The second-order valence-electron chi connectivity index (χ2n) is 2.96. The van der Waals surface area contributed by atoms with Crippen LogP contribution in [0.5, 0.6) is 0 Å². The fourth-order valence-electron chi connectivity index (χ4n) is 1.29. The molecule has 0 saturated carbocycles. The van der Waals surface area contributed by atoms with Gasteiger partial charge in [0.15, 0.2) is 0 Å². The van der Waals surface area contributed by atoms with E-state index in [-0.39, 0.29) is 0 Å². The Balaban J connectivity index is 2.60. The van der Waals surface area contributed by atoms with E-state index in [1.807, 2.05) is 31.2 Å². The average Bonchev–Trinajstić information content (AvgIpc) is 2.46. The molecule has 2 rings (SSSR count). The predicted octanol–water partition coefficient (Wildman–Crippen LogP) is 3.80. The van der Waals surface area contributed by atoms with Crippen molar-refractivity contribution in [1.82, 2.24) is 9.97 Å². The summed E-state index contributed by atoms with van der Waals surface area (Å²) >= 11 is 9.48. The molecular formula is C10H8BrClN2. The molecule has 0 bridgehead atoms. The Labute approximate surface area is 95.5 Å². The summed E-state index contributed by atoms with van der Waals surface area (Å²) in [7, 11) is 0. The highest BCUT2D eigenvalue weighted by molar-refractivity contribution is 9.10. The van der Waals surface area contributed by atoms with Crippen LogP contribution in [0.15, 0.2) is 28.9 Å². The topological polar surface area (TPSA) is 28.7 Å². The van der Waals surface area contributed by atoms with Crippen molar-refractivity contribution in [2.75, 3.05) is 0 Å². The zero-order valence-electron chi connectivity index (χ0n) is 7.51. The zero-order chi connectivity index (χ0) is 10.1. The van der Waals surface area contributed by atoms with Crippen LogP contribution in [0, 0.1) is 6.92 Å². The molecule has 0 atom stereocenters. The minimum absolute atomic E-state index is 0.708. The Morgan fingerprint density at radius 3 is 2.64 bits per heavy atom. The molecule has 0 fully saturated rings. The number of rotatable bonds is 1. The number of nitrogens with one attached hydrogen (secondary N) is 1. The second kappa shape index (κ2) is 3.75. The van der Waals surface area contributed by atoms with Crippen LogP contribution in [0.3, 0.4) is 0 Å². The number of nitrogens with zero attached hydrogens (tertiary/aromatic N) is 1. The number of aryl methyl sites for hydroxylation is 1. The third-order valence-corrected chi connectivity index (χ3v) is 2.81. The third kappa shape index (κ3) is 1.70. The first-order chi connectivity index (χ1) is 6.68. The monoisotopic (exact) mass is 270 g/mol. The molecule has 0 aliphatic heterocycles. The van der Waals surface area contributed by atoms with Crippen molar-refractivity contribution in [1.29, 1.82) is 0 Å². The number of hydrogen-bond acceptors (Lipinski definition) is 1.